The lowest BCUT2D eigenvalue weighted by atomic mass is 10.1. The minimum atomic E-state index is -1.13. The van der Waals surface area contributed by atoms with Gasteiger partial charge in [0, 0.05) is 20.1 Å². The summed E-state index contributed by atoms with van der Waals surface area (Å²) in [4.78, 5) is 29.4. The zero-order chi connectivity index (χ0) is 15.4. The number of hydrogen-bond donors (Lipinski definition) is 1. The molecule has 2 saturated heterocycles. The number of likely N-dealkylation sites (tertiary alicyclic amines) is 1. The van der Waals surface area contributed by atoms with E-state index in [1.54, 1.807) is 0 Å². The van der Waals surface area contributed by atoms with Crippen LogP contribution < -0.4 is 0 Å². The number of carbonyl (C=O) groups excluding carboxylic acids is 1. The number of ether oxygens (including phenoxy) is 2. The molecule has 0 spiro atoms. The normalized spacial score (nSPS) is 29.4. The molecule has 3 atom stereocenters. The predicted octanol–water partition coefficient (Wildman–Crippen LogP) is 0.670. The Hall–Kier alpha value is -1.38. The lowest BCUT2D eigenvalue weighted by Crippen LogP contribution is -2.45. The van der Waals surface area contributed by atoms with E-state index in [4.69, 9.17) is 14.3 Å². The van der Waals surface area contributed by atoms with Gasteiger partial charge in [-0.25, -0.2) is 9.86 Å². The molecule has 2 fully saturated rings. The highest BCUT2D eigenvalue weighted by molar-refractivity contribution is 5.85. The maximum Gasteiger partial charge on any atom is 0.408 e. The van der Waals surface area contributed by atoms with Crippen LogP contribution in [0.25, 0.3) is 0 Å². The molecule has 0 aromatic rings. The second-order valence-electron chi connectivity index (χ2n) is 5.26. The highest BCUT2D eigenvalue weighted by Gasteiger charge is 2.42. The molecular formula is C13H22N2O6. The van der Waals surface area contributed by atoms with E-state index in [1.807, 2.05) is 0 Å². The summed E-state index contributed by atoms with van der Waals surface area (Å²) >= 11 is 0. The SMILES string of the molecule is CON(C)C(=O)[C@@H]1C[C@@H](OC2CCCCO2)CN1C(=O)O. The molecule has 8 nitrogen and oxygen atoms in total. The third-order valence-electron chi connectivity index (χ3n) is 3.86. The van der Waals surface area contributed by atoms with Gasteiger partial charge in [-0.1, -0.05) is 0 Å². The minimum Gasteiger partial charge on any atom is -0.465 e. The van der Waals surface area contributed by atoms with Crippen molar-refractivity contribution in [2.45, 2.75) is 44.1 Å². The summed E-state index contributed by atoms with van der Waals surface area (Å²) < 4.78 is 11.3. The zero-order valence-corrected chi connectivity index (χ0v) is 12.4. The number of nitrogens with zero attached hydrogens (tertiary/aromatic N) is 2. The van der Waals surface area contributed by atoms with Crippen molar-refractivity contribution in [3.8, 4) is 0 Å². The van der Waals surface area contributed by atoms with Crippen molar-refractivity contribution >= 4 is 12.0 Å². The van der Waals surface area contributed by atoms with E-state index < -0.39 is 18.0 Å². The summed E-state index contributed by atoms with van der Waals surface area (Å²) in [7, 11) is 2.82. The Morgan fingerprint density at radius 2 is 2.14 bits per heavy atom. The molecule has 0 bridgehead atoms. The molecule has 21 heavy (non-hydrogen) atoms. The average molecular weight is 302 g/mol. The molecule has 8 heteroatoms. The Labute approximate surface area is 123 Å². The second-order valence-corrected chi connectivity index (χ2v) is 5.26. The fourth-order valence-electron chi connectivity index (χ4n) is 2.67. The van der Waals surface area contributed by atoms with Crippen LogP contribution >= 0.6 is 0 Å². The largest absolute Gasteiger partial charge is 0.465 e. The van der Waals surface area contributed by atoms with E-state index in [2.05, 4.69) is 0 Å². The minimum absolute atomic E-state index is 0.170. The molecule has 2 amide bonds. The highest BCUT2D eigenvalue weighted by Crippen LogP contribution is 2.25. The van der Waals surface area contributed by atoms with Crippen molar-refractivity contribution in [3.63, 3.8) is 0 Å². The number of rotatable bonds is 4. The van der Waals surface area contributed by atoms with E-state index in [1.165, 1.54) is 14.2 Å². The molecule has 0 aliphatic carbocycles. The Morgan fingerprint density at radius 1 is 1.38 bits per heavy atom. The van der Waals surface area contributed by atoms with Crippen LogP contribution in [-0.4, -0.2) is 72.8 Å². The molecule has 2 heterocycles. The van der Waals surface area contributed by atoms with Gasteiger partial charge in [0.25, 0.3) is 5.91 Å². The number of carboxylic acid groups (broad SMARTS) is 1. The second kappa shape index (κ2) is 7.06. The number of hydroxylamine groups is 2. The topological polar surface area (TPSA) is 88.5 Å². The van der Waals surface area contributed by atoms with Crippen LogP contribution in [0.3, 0.4) is 0 Å². The van der Waals surface area contributed by atoms with Crippen LogP contribution in [0.4, 0.5) is 4.79 Å². The van der Waals surface area contributed by atoms with Crippen molar-refractivity contribution in [2.24, 2.45) is 0 Å². The first-order valence-electron chi connectivity index (χ1n) is 7.11. The van der Waals surface area contributed by atoms with Gasteiger partial charge in [-0.3, -0.25) is 14.5 Å². The first-order valence-corrected chi connectivity index (χ1v) is 7.11. The number of hydrogen-bond acceptors (Lipinski definition) is 5. The number of likely N-dealkylation sites (N-methyl/N-ethyl adjacent to an activating group) is 1. The fourth-order valence-corrected chi connectivity index (χ4v) is 2.67. The van der Waals surface area contributed by atoms with Crippen LogP contribution in [0.2, 0.25) is 0 Å². The molecule has 1 N–H and O–H groups in total. The molecule has 1 unspecified atom stereocenters. The standard InChI is InChI=1S/C13H22N2O6/c1-14(19-2)12(16)10-7-9(8-15(10)13(17)18)21-11-5-3-4-6-20-11/h9-11H,3-8H2,1-2H3,(H,17,18)/t9-,10+,11?/m1/s1. The molecule has 0 aromatic carbocycles. The predicted molar refractivity (Wildman–Crippen MR) is 71.4 cm³/mol. The van der Waals surface area contributed by atoms with Gasteiger partial charge in [0.2, 0.25) is 0 Å². The third-order valence-corrected chi connectivity index (χ3v) is 3.86. The Kier molecular flexibility index (Phi) is 5.38. The molecular weight excluding hydrogens is 280 g/mol. The number of carbonyl (C=O) groups is 2. The molecule has 0 radical (unpaired) electrons. The smallest absolute Gasteiger partial charge is 0.408 e. The Balaban J connectivity index is 1.97. The maximum absolute atomic E-state index is 12.1. The van der Waals surface area contributed by atoms with Crippen LogP contribution in [0.5, 0.6) is 0 Å². The van der Waals surface area contributed by atoms with Gasteiger partial charge < -0.3 is 14.6 Å². The molecule has 2 aliphatic heterocycles. The fraction of sp³-hybridized carbons (Fsp3) is 0.846. The van der Waals surface area contributed by atoms with Gasteiger partial charge in [-0.2, -0.15) is 0 Å². The first-order chi connectivity index (χ1) is 10.0. The highest BCUT2D eigenvalue weighted by atomic mass is 16.7. The third kappa shape index (κ3) is 3.84. The van der Waals surface area contributed by atoms with Gasteiger partial charge in [-0.05, 0) is 19.3 Å². The Morgan fingerprint density at radius 3 is 2.71 bits per heavy atom. The monoisotopic (exact) mass is 302 g/mol. The summed E-state index contributed by atoms with van der Waals surface area (Å²) in [6, 6.07) is -0.777. The number of amides is 2. The van der Waals surface area contributed by atoms with E-state index in [0.717, 1.165) is 29.2 Å². The first kappa shape index (κ1) is 16.0. The van der Waals surface area contributed by atoms with Crippen molar-refractivity contribution in [1.82, 2.24) is 9.96 Å². The van der Waals surface area contributed by atoms with Gasteiger partial charge in [-0.15, -0.1) is 0 Å². The van der Waals surface area contributed by atoms with E-state index in [-0.39, 0.29) is 18.9 Å². The van der Waals surface area contributed by atoms with Gasteiger partial charge >= 0.3 is 6.09 Å². The van der Waals surface area contributed by atoms with Crippen molar-refractivity contribution < 1.29 is 29.0 Å². The van der Waals surface area contributed by atoms with Crippen molar-refractivity contribution in [3.05, 3.63) is 0 Å². The van der Waals surface area contributed by atoms with Gasteiger partial charge in [0.1, 0.15) is 6.04 Å². The molecule has 2 aliphatic rings. The quantitative estimate of drug-likeness (QED) is 0.768. The zero-order valence-electron chi connectivity index (χ0n) is 12.4. The summed E-state index contributed by atoms with van der Waals surface area (Å²) in [6.07, 6.45) is 1.42. The summed E-state index contributed by atoms with van der Waals surface area (Å²) in [5.74, 6) is -0.393. The van der Waals surface area contributed by atoms with Gasteiger partial charge in [0.15, 0.2) is 6.29 Å². The molecule has 0 aromatic heterocycles. The summed E-state index contributed by atoms with van der Waals surface area (Å²) in [5, 5.41) is 10.3. The van der Waals surface area contributed by atoms with E-state index in [0.29, 0.717) is 13.0 Å². The summed E-state index contributed by atoms with van der Waals surface area (Å²) in [6.45, 7) is 0.831. The van der Waals surface area contributed by atoms with E-state index >= 15 is 0 Å². The van der Waals surface area contributed by atoms with Crippen LogP contribution in [0, 0.1) is 0 Å². The molecule has 0 saturated carbocycles. The average Bonchev–Trinajstić information content (AvgIpc) is 2.90. The lowest BCUT2D eigenvalue weighted by molar-refractivity contribution is -0.185. The van der Waals surface area contributed by atoms with Crippen LogP contribution in [-0.2, 0) is 19.1 Å². The Bertz CT molecular complexity index is 385. The van der Waals surface area contributed by atoms with Crippen molar-refractivity contribution in [1.29, 1.82) is 0 Å². The van der Waals surface area contributed by atoms with Crippen LogP contribution in [0.15, 0.2) is 0 Å². The lowest BCUT2D eigenvalue weighted by Gasteiger charge is -2.25. The van der Waals surface area contributed by atoms with Crippen molar-refractivity contribution in [2.75, 3.05) is 27.3 Å². The van der Waals surface area contributed by atoms with E-state index in [9.17, 15) is 14.7 Å². The molecule has 120 valence electrons. The summed E-state index contributed by atoms with van der Waals surface area (Å²) in [5.41, 5.74) is 0. The molecule has 2 rings (SSSR count). The van der Waals surface area contributed by atoms with Gasteiger partial charge in [0.05, 0.1) is 19.8 Å². The van der Waals surface area contributed by atoms with Crippen LogP contribution in [0.1, 0.15) is 25.7 Å². The maximum atomic E-state index is 12.1.